The van der Waals surface area contributed by atoms with E-state index < -0.39 is 0 Å². The summed E-state index contributed by atoms with van der Waals surface area (Å²) in [7, 11) is 0. The molecular weight excluding hydrogens is 444 g/mol. The molecule has 0 nitrogen and oxygen atoms in total. The summed E-state index contributed by atoms with van der Waals surface area (Å²) in [6, 6.07) is 45.1. The van der Waals surface area contributed by atoms with Gasteiger partial charge < -0.3 is 0 Å². The van der Waals surface area contributed by atoms with E-state index in [1.165, 1.54) is 66.1 Å². The molecule has 6 aromatic rings. The number of benzene rings is 6. The van der Waals surface area contributed by atoms with Crippen molar-refractivity contribution in [1.82, 2.24) is 0 Å². The fourth-order valence-electron chi connectivity index (χ4n) is 6.80. The molecule has 0 fully saturated rings. The van der Waals surface area contributed by atoms with Crippen LogP contribution in [0.5, 0.6) is 0 Å². The average molecular weight is 475 g/mol. The molecule has 0 heterocycles. The Morgan fingerprint density at radius 2 is 0.865 bits per heavy atom. The zero-order valence-corrected chi connectivity index (χ0v) is 21.5. The van der Waals surface area contributed by atoms with Gasteiger partial charge in [-0.1, -0.05) is 123 Å². The Hall–Kier alpha value is -4.16. The molecule has 0 saturated carbocycles. The molecule has 0 heteroatoms. The third-order valence-corrected chi connectivity index (χ3v) is 8.77. The van der Waals surface area contributed by atoms with Crippen molar-refractivity contribution in [3.8, 4) is 33.4 Å². The van der Waals surface area contributed by atoms with Gasteiger partial charge in [-0.15, -0.1) is 0 Å². The van der Waals surface area contributed by atoms with E-state index in [0.29, 0.717) is 0 Å². The molecule has 0 aromatic heterocycles. The van der Waals surface area contributed by atoms with Crippen molar-refractivity contribution in [3.63, 3.8) is 0 Å². The summed E-state index contributed by atoms with van der Waals surface area (Å²) in [5.41, 5.74) is 11.0. The highest BCUT2D eigenvalue weighted by atomic mass is 14.4. The molecule has 0 saturated heterocycles. The van der Waals surface area contributed by atoms with Crippen LogP contribution in [0, 0.1) is 0 Å². The minimum Gasteiger partial charge on any atom is -0.0642 e. The maximum absolute atomic E-state index is 2.49. The lowest BCUT2D eigenvalue weighted by Gasteiger charge is -2.30. The van der Waals surface area contributed by atoms with Crippen LogP contribution in [0.2, 0.25) is 0 Å². The quantitative estimate of drug-likeness (QED) is 0.238. The van der Waals surface area contributed by atoms with Gasteiger partial charge in [0.1, 0.15) is 0 Å². The fraction of sp³-hybridized carbons (Fsp3) is 0.135. The van der Waals surface area contributed by atoms with Crippen molar-refractivity contribution < 1.29 is 0 Å². The van der Waals surface area contributed by atoms with Crippen LogP contribution in [-0.2, 0) is 5.41 Å². The van der Waals surface area contributed by atoms with E-state index in [0.717, 1.165) is 12.8 Å². The van der Waals surface area contributed by atoms with E-state index in [2.05, 4.69) is 135 Å². The zero-order valence-electron chi connectivity index (χ0n) is 21.5. The second-order valence-corrected chi connectivity index (χ2v) is 10.4. The Bertz CT molecular complexity index is 1660. The number of hydrogen-bond donors (Lipinski definition) is 0. The van der Waals surface area contributed by atoms with E-state index in [9.17, 15) is 0 Å². The first-order chi connectivity index (χ1) is 18.2. The predicted molar refractivity (Wildman–Crippen MR) is 159 cm³/mol. The summed E-state index contributed by atoms with van der Waals surface area (Å²) in [5.74, 6) is 0. The smallest absolute Gasteiger partial charge is 0.0210 e. The van der Waals surface area contributed by atoms with Crippen LogP contribution < -0.4 is 0 Å². The molecule has 0 N–H and O–H groups in total. The van der Waals surface area contributed by atoms with E-state index in [4.69, 9.17) is 0 Å². The molecule has 0 unspecified atom stereocenters. The van der Waals surface area contributed by atoms with Gasteiger partial charge in [-0.2, -0.15) is 0 Å². The summed E-state index contributed by atoms with van der Waals surface area (Å²) < 4.78 is 0. The topological polar surface area (TPSA) is 0 Å². The SMILES string of the molecule is CCC1(CC)c2cc(-c3cccc4ccccc34)ccc2-c2ccc(-c3cccc4ccccc34)cc21. The van der Waals surface area contributed by atoms with Gasteiger partial charge >= 0.3 is 0 Å². The molecule has 6 aromatic carbocycles. The van der Waals surface area contributed by atoms with Crippen LogP contribution in [0.1, 0.15) is 37.8 Å². The predicted octanol–water partition coefficient (Wildman–Crippen LogP) is 10.4. The zero-order chi connectivity index (χ0) is 25.0. The van der Waals surface area contributed by atoms with Gasteiger partial charge in [0.25, 0.3) is 0 Å². The van der Waals surface area contributed by atoms with Gasteiger partial charge in [0, 0.05) is 5.41 Å². The van der Waals surface area contributed by atoms with Gasteiger partial charge in [0.05, 0.1) is 0 Å². The summed E-state index contributed by atoms with van der Waals surface area (Å²) in [6.07, 6.45) is 2.17. The Kier molecular flexibility index (Phi) is 5.04. The largest absolute Gasteiger partial charge is 0.0642 e. The molecule has 7 rings (SSSR count). The number of rotatable bonds is 4. The van der Waals surface area contributed by atoms with E-state index in [1.807, 2.05) is 0 Å². The van der Waals surface area contributed by atoms with E-state index >= 15 is 0 Å². The molecule has 0 bridgehead atoms. The van der Waals surface area contributed by atoms with Crippen molar-refractivity contribution >= 4 is 21.5 Å². The van der Waals surface area contributed by atoms with Gasteiger partial charge in [-0.25, -0.2) is 0 Å². The molecule has 37 heavy (non-hydrogen) atoms. The van der Waals surface area contributed by atoms with Gasteiger partial charge in [0.15, 0.2) is 0 Å². The highest BCUT2D eigenvalue weighted by Gasteiger charge is 2.40. The Morgan fingerprint density at radius 3 is 1.32 bits per heavy atom. The minimum atomic E-state index is 0.0197. The third kappa shape index (κ3) is 3.22. The minimum absolute atomic E-state index is 0.0197. The lowest BCUT2D eigenvalue weighted by Crippen LogP contribution is -2.23. The van der Waals surface area contributed by atoms with Gasteiger partial charge in [-0.3, -0.25) is 0 Å². The first-order valence-electron chi connectivity index (χ1n) is 13.5. The second kappa shape index (κ2) is 8.46. The van der Waals surface area contributed by atoms with Gasteiger partial charge in [0.2, 0.25) is 0 Å². The normalized spacial score (nSPS) is 13.6. The summed E-state index contributed by atoms with van der Waals surface area (Å²) in [5, 5.41) is 5.22. The Morgan fingerprint density at radius 1 is 0.432 bits per heavy atom. The summed E-state index contributed by atoms with van der Waals surface area (Å²) >= 11 is 0. The van der Waals surface area contributed by atoms with Crippen LogP contribution in [0.15, 0.2) is 121 Å². The molecule has 0 amide bonds. The molecular formula is C37H30. The monoisotopic (exact) mass is 474 g/mol. The summed E-state index contributed by atoms with van der Waals surface area (Å²) in [4.78, 5) is 0. The molecule has 0 aliphatic heterocycles. The van der Waals surface area contributed by atoms with Crippen molar-refractivity contribution in [2.75, 3.05) is 0 Å². The molecule has 0 radical (unpaired) electrons. The Balaban J connectivity index is 1.42. The molecule has 1 aliphatic rings. The van der Waals surface area contributed by atoms with E-state index in [-0.39, 0.29) is 5.41 Å². The summed E-state index contributed by atoms with van der Waals surface area (Å²) in [6.45, 7) is 4.72. The van der Waals surface area contributed by atoms with Crippen LogP contribution in [-0.4, -0.2) is 0 Å². The molecule has 0 spiro atoms. The van der Waals surface area contributed by atoms with E-state index in [1.54, 1.807) is 0 Å². The Labute approximate surface area is 219 Å². The first kappa shape index (κ1) is 22.1. The van der Waals surface area contributed by atoms with Crippen molar-refractivity contribution in [2.24, 2.45) is 0 Å². The highest BCUT2D eigenvalue weighted by Crippen LogP contribution is 2.54. The van der Waals surface area contributed by atoms with Crippen LogP contribution >= 0.6 is 0 Å². The maximum atomic E-state index is 2.49. The van der Waals surface area contributed by atoms with Crippen molar-refractivity contribution in [2.45, 2.75) is 32.1 Å². The highest BCUT2D eigenvalue weighted by molar-refractivity contribution is 5.99. The maximum Gasteiger partial charge on any atom is 0.0210 e. The number of hydrogen-bond acceptors (Lipinski definition) is 0. The lowest BCUT2D eigenvalue weighted by molar-refractivity contribution is 0.491. The number of fused-ring (bicyclic) bond motifs is 5. The fourth-order valence-corrected chi connectivity index (χ4v) is 6.80. The van der Waals surface area contributed by atoms with Crippen molar-refractivity contribution in [1.29, 1.82) is 0 Å². The second-order valence-electron chi connectivity index (χ2n) is 10.4. The molecule has 0 atom stereocenters. The average Bonchev–Trinajstić information content (AvgIpc) is 3.25. The molecule has 1 aliphatic carbocycles. The van der Waals surface area contributed by atoms with Crippen LogP contribution in [0.3, 0.4) is 0 Å². The van der Waals surface area contributed by atoms with Crippen LogP contribution in [0.4, 0.5) is 0 Å². The van der Waals surface area contributed by atoms with Crippen LogP contribution in [0.25, 0.3) is 54.9 Å². The first-order valence-corrected chi connectivity index (χ1v) is 13.5. The standard InChI is InChI=1S/C37H30/c1-3-37(4-2)35-23-27(31-17-9-13-25-11-5-7-15-29(25)31)19-21-33(35)34-22-20-28(24-36(34)37)32-18-10-14-26-12-6-8-16-30(26)32/h5-24H,3-4H2,1-2H3. The van der Waals surface area contributed by atoms with Crippen molar-refractivity contribution in [3.05, 3.63) is 132 Å². The molecule has 178 valence electrons. The lowest BCUT2D eigenvalue weighted by atomic mass is 9.73. The third-order valence-electron chi connectivity index (χ3n) is 8.77. The van der Waals surface area contributed by atoms with Gasteiger partial charge in [-0.05, 0) is 91.0 Å².